The molecule has 12 heteroatoms. The van der Waals surface area contributed by atoms with E-state index in [-0.39, 0.29) is 31.9 Å². The third-order valence-corrected chi connectivity index (χ3v) is 9.15. The lowest BCUT2D eigenvalue weighted by Gasteiger charge is -2.32. The lowest BCUT2D eigenvalue weighted by Crippen LogP contribution is -2.46. The fraction of sp³-hybridized carbons (Fsp3) is 0.500. The number of amides is 1. The van der Waals surface area contributed by atoms with Crippen LogP contribution in [0.1, 0.15) is 62.5 Å². The summed E-state index contributed by atoms with van der Waals surface area (Å²) in [4.78, 5) is 28.7. The largest absolute Gasteiger partial charge is 0.481 e. The first kappa shape index (κ1) is 26.9. The lowest BCUT2D eigenvalue weighted by molar-refractivity contribution is -0.145. The number of carbonyl (C=O) groups is 2. The number of hydrogen-bond acceptors (Lipinski definition) is 6. The Labute approximate surface area is 213 Å². The number of halogens is 2. The Kier molecular flexibility index (Phi) is 7.99. The molecule has 1 fully saturated rings. The summed E-state index contributed by atoms with van der Waals surface area (Å²) in [6.45, 7) is 7.15. The van der Waals surface area contributed by atoms with Crippen LogP contribution in [0.4, 0.5) is 0 Å². The minimum absolute atomic E-state index is 0.0645. The molecule has 0 saturated heterocycles. The van der Waals surface area contributed by atoms with E-state index < -0.39 is 27.4 Å². The normalized spacial score (nSPS) is 18.4. The number of sulfonamides is 1. The Balaban J connectivity index is 1.92. The number of nitrogens with one attached hydrogen (secondary N) is 2. The molecule has 0 aliphatic heterocycles. The summed E-state index contributed by atoms with van der Waals surface area (Å²) >= 11 is 14.1. The molecule has 0 radical (unpaired) electrons. The zero-order valence-corrected chi connectivity index (χ0v) is 22.4. The number of aliphatic carboxylic acids is 1. The number of carboxylic acid groups (broad SMARTS) is 1. The molecule has 0 unspecified atom stereocenters. The van der Waals surface area contributed by atoms with Crippen molar-refractivity contribution < 1.29 is 23.1 Å². The van der Waals surface area contributed by atoms with Gasteiger partial charge in [-0.25, -0.2) is 18.1 Å². The first-order valence-electron chi connectivity index (χ1n) is 10.8. The Bertz CT molecular complexity index is 1220. The summed E-state index contributed by atoms with van der Waals surface area (Å²) < 4.78 is 28.1. The predicted octanol–water partition coefficient (Wildman–Crippen LogP) is 4.74. The van der Waals surface area contributed by atoms with E-state index in [0.717, 1.165) is 17.8 Å². The first-order chi connectivity index (χ1) is 15.7. The van der Waals surface area contributed by atoms with Crippen LogP contribution in [0, 0.1) is 5.92 Å². The Morgan fingerprint density at radius 1 is 1.21 bits per heavy atom. The van der Waals surface area contributed by atoms with Gasteiger partial charge in [0.2, 0.25) is 10.0 Å². The molecule has 0 bridgehead atoms. The molecule has 1 aliphatic rings. The summed E-state index contributed by atoms with van der Waals surface area (Å²) in [5, 5.41) is 12.0. The average Bonchev–Trinajstić information content (AvgIpc) is 3.08. The van der Waals surface area contributed by atoms with Crippen molar-refractivity contribution in [3.8, 4) is 10.4 Å². The monoisotopic (exact) mass is 547 g/mol. The van der Waals surface area contributed by atoms with Crippen LogP contribution in [0.25, 0.3) is 10.4 Å². The van der Waals surface area contributed by atoms with Gasteiger partial charge >= 0.3 is 5.97 Å². The quantitative estimate of drug-likeness (QED) is 0.438. The van der Waals surface area contributed by atoms with Gasteiger partial charge in [-0.05, 0) is 46.1 Å². The molecule has 186 valence electrons. The Hall–Kier alpha value is -1.72. The van der Waals surface area contributed by atoms with Gasteiger partial charge in [-0.15, -0.1) is 11.3 Å². The summed E-state index contributed by atoms with van der Waals surface area (Å²) in [6, 6.07) is 2.77. The van der Waals surface area contributed by atoms with Gasteiger partial charge in [0.05, 0.1) is 26.5 Å². The molecule has 1 aromatic carbocycles. The van der Waals surface area contributed by atoms with Crippen molar-refractivity contribution in [2.75, 3.05) is 0 Å². The smallest absolute Gasteiger partial charge is 0.306 e. The van der Waals surface area contributed by atoms with E-state index in [0.29, 0.717) is 35.4 Å². The second-order valence-electron chi connectivity index (χ2n) is 9.32. The van der Waals surface area contributed by atoms with E-state index in [9.17, 15) is 18.0 Å². The molecule has 3 N–H and O–H groups in total. The van der Waals surface area contributed by atoms with Crippen molar-refractivity contribution >= 4 is 56.4 Å². The van der Waals surface area contributed by atoms with Crippen molar-refractivity contribution in [2.45, 2.75) is 69.9 Å². The van der Waals surface area contributed by atoms with Gasteiger partial charge in [0.15, 0.2) is 5.01 Å². The number of hydrogen-bond donors (Lipinski definition) is 3. The standard InChI is InChI=1S/C22H27Cl2N3O5S2/c1-5-6-14-18(33-20(26-14)19(28)25-12-9-11(10-12)21(29)30)13-7-8-15(17(24)16(13)23)34(31,32)27-22(2,3)4/h7-8,11-12,27H,5-6,9-10H2,1-4H3,(H,25,28)(H,29,30)/t11-,12-. The summed E-state index contributed by atoms with van der Waals surface area (Å²) in [7, 11) is -3.90. The molecule has 34 heavy (non-hydrogen) atoms. The van der Waals surface area contributed by atoms with E-state index in [2.05, 4.69) is 15.0 Å². The van der Waals surface area contributed by atoms with E-state index in [1.54, 1.807) is 26.8 Å². The zero-order valence-electron chi connectivity index (χ0n) is 19.2. The molecule has 1 heterocycles. The molecule has 2 aromatic rings. The number of rotatable bonds is 8. The Morgan fingerprint density at radius 3 is 2.41 bits per heavy atom. The van der Waals surface area contributed by atoms with Gasteiger partial charge in [-0.2, -0.15) is 0 Å². The number of nitrogens with zero attached hydrogens (tertiary/aromatic N) is 1. The molecule has 1 aromatic heterocycles. The van der Waals surface area contributed by atoms with E-state index in [1.165, 1.54) is 6.07 Å². The number of thiazole rings is 1. The predicted molar refractivity (Wildman–Crippen MR) is 133 cm³/mol. The number of aromatic nitrogens is 1. The van der Waals surface area contributed by atoms with Gasteiger partial charge in [0.25, 0.3) is 5.91 Å². The van der Waals surface area contributed by atoms with Gasteiger partial charge < -0.3 is 10.4 Å². The van der Waals surface area contributed by atoms with E-state index in [4.69, 9.17) is 28.3 Å². The van der Waals surface area contributed by atoms with Gasteiger partial charge in [-0.3, -0.25) is 9.59 Å². The third kappa shape index (κ3) is 5.91. The van der Waals surface area contributed by atoms with Crippen molar-refractivity contribution in [3.63, 3.8) is 0 Å². The maximum absolute atomic E-state index is 12.8. The minimum atomic E-state index is -3.90. The van der Waals surface area contributed by atoms with Crippen LogP contribution in [0.5, 0.6) is 0 Å². The molecular weight excluding hydrogens is 521 g/mol. The second kappa shape index (κ2) is 10.1. The van der Waals surface area contributed by atoms with E-state index in [1.807, 2.05) is 6.92 Å². The van der Waals surface area contributed by atoms with Crippen molar-refractivity contribution in [2.24, 2.45) is 5.92 Å². The molecule has 3 rings (SSSR count). The number of carbonyl (C=O) groups excluding carboxylic acids is 1. The summed E-state index contributed by atoms with van der Waals surface area (Å²) in [5.41, 5.74) is 0.457. The van der Waals surface area contributed by atoms with Crippen LogP contribution >= 0.6 is 34.5 Å². The summed E-state index contributed by atoms with van der Waals surface area (Å²) in [5.74, 6) is -1.67. The highest BCUT2D eigenvalue weighted by molar-refractivity contribution is 7.89. The summed E-state index contributed by atoms with van der Waals surface area (Å²) in [6.07, 6.45) is 2.14. The van der Waals surface area contributed by atoms with Gasteiger partial charge in [0, 0.05) is 17.1 Å². The van der Waals surface area contributed by atoms with Crippen LogP contribution < -0.4 is 10.0 Å². The van der Waals surface area contributed by atoms with E-state index >= 15 is 0 Å². The highest BCUT2D eigenvalue weighted by atomic mass is 35.5. The maximum atomic E-state index is 12.8. The molecule has 8 nitrogen and oxygen atoms in total. The van der Waals surface area contributed by atoms with Gasteiger partial charge in [0.1, 0.15) is 4.90 Å². The van der Waals surface area contributed by atoms with Crippen LogP contribution in [0.15, 0.2) is 17.0 Å². The zero-order chi connectivity index (χ0) is 25.4. The van der Waals surface area contributed by atoms with Crippen molar-refractivity contribution in [1.29, 1.82) is 0 Å². The van der Waals surface area contributed by atoms with Gasteiger partial charge in [-0.1, -0.05) is 42.6 Å². The molecule has 0 atom stereocenters. The van der Waals surface area contributed by atoms with Crippen molar-refractivity contribution in [1.82, 2.24) is 15.0 Å². The number of carboxylic acids is 1. The average molecular weight is 549 g/mol. The second-order valence-corrected chi connectivity index (χ2v) is 12.7. The highest BCUT2D eigenvalue weighted by Gasteiger charge is 2.36. The highest BCUT2D eigenvalue weighted by Crippen LogP contribution is 2.42. The SMILES string of the molecule is CCCc1nc(C(=O)N[C@H]2C[C@H](C(=O)O)C2)sc1-c1ccc(S(=O)(=O)NC(C)(C)C)c(Cl)c1Cl. The Morgan fingerprint density at radius 2 is 1.85 bits per heavy atom. The minimum Gasteiger partial charge on any atom is -0.481 e. The molecular formula is C22H27Cl2N3O5S2. The third-order valence-electron chi connectivity index (χ3n) is 5.22. The van der Waals surface area contributed by atoms with Crippen molar-refractivity contribution in [3.05, 3.63) is 32.9 Å². The van der Waals surface area contributed by atoms with Crippen LogP contribution in [0.2, 0.25) is 10.0 Å². The number of benzene rings is 1. The fourth-order valence-electron chi connectivity index (χ4n) is 3.62. The molecule has 1 amide bonds. The maximum Gasteiger partial charge on any atom is 0.306 e. The molecule has 0 spiro atoms. The lowest BCUT2D eigenvalue weighted by atomic mass is 9.80. The molecule has 1 aliphatic carbocycles. The topological polar surface area (TPSA) is 125 Å². The van der Waals surface area contributed by atoms with Crippen LogP contribution in [-0.4, -0.2) is 42.0 Å². The van der Waals surface area contributed by atoms with Crippen LogP contribution in [-0.2, 0) is 21.2 Å². The molecule has 1 saturated carbocycles. The number of aryl methyl sites for hydroxylation is 1. The first-order valence-corrected chi connectivity index (χ1v) is 13.8. The van der Waals surface area contributed by atoms with Crippen LogP contribution in [0.3, 0.4) is 0 Å². The fourth-order valence-corrected chi connectivity index (χ4v) is 7.01.